The average Bonchev–Trinajstić information content (AvgIpc) is 2.51. The molecule has 2 aromatic rings. The van der Waals surface area contributed by atoms with E-state index in [0.717, 1.165) is 5.52 Å². The maximum atomic E-state index is 12.3. The summed E-state index contributed by atoms with van der Waals surface area (Å²) >= 11 is 0. The van der Waals surface area contributed by atoms with Crippen LogP contribution in [0.4, 0.5) is 0 Å². The van der Waals surface area contributed by atoms with Crippen molar-refractivity contribution in [1.82, 2.24) is 9.47 Å². The summed E-state index contributed by atoms with van der Waals surface area (Å²) in [6, 6.07) is 8.86. The Hall–Kier alpha value is -2.14. The third-order valence-corrected chi connectivity index (χ3v) is 3.55. The molecule has 0 aliphatic carbocycles. The van der Waals surface area contributed by atoms with Crippen LogP contribution in [-0.4, -0.2) is 41.7 Å². The van der Waals surface area contributed by atoms with Gasteiger partial charge in [-0.1, -0.05) is 12.1 Å². The van der Waals surface area contributed by atoms with Gasteiger partial charge in [0.1, 0.15) is 6.54 Å². The highest BCUT2D eigenvalue weighted by Gasteiger charge is 2.17. The molecule has 1 aliphatic heterocycles. The molecule has 5 heteroatoms. The minimum Gasteiger partial charge on any atom is -0.378 e. The summed E-state index contributed by atoms with van der Waals surface area (Å²) in [5.41, 5.74) is 0.775. The van der Waals surface area contributed by atoms with Crippen LogP contribution in [0.2, 0.25) is 0 Å². The minimum atomic E-state index is -0.0179. The Kier molecular flexibility index (Phi) is 3.52. The quantitative estimate of drug-likeness (QED) is 0.815. The average molecular weight is 272 g/mol. The number of fused-ring (bicyclic) bond motifs is 1. The van der Waals surface area contributed by atoms with Gasteiger partial charge in [-0.3, -0.25) is 9.59 Å². The van der Waals surface area contributed by atoms with Gasteiger partial charge in [-0.2, -0.15) is 0 Å². The normalized spacial score (nSPS) is 15.5. The number of rotatable bonds is 2. The number of hydrogen-bond acceptors (Lipinski definition) is 3. The number of nitrogens with zero attached hydrogens (tertiary/aromatic N) is 2. The SMILES string of the molecule is O=C(Cn1ccc(=O)c2ccccc21)N1CCOCC1. The highest BCUT2D eigenvalue weighted by Crippen LogP contribution is 2.10. The van der Waals surface area contributed by atoms with Crippen molar-refractivity contribution < 1.29 is 9.53 Å². The summed E-state index contributed by atoms with van der Waals surface area (Å²) in [6.45, 7) is 2.71. The molecule has 0 bridgehead atoms. The zero-order valence-corrected chi connectivity index (χ0v) is 11.1. The molecule has 1 fully saturated rings. The highest BCUT2D eigenvalue weighted by molar-refractivity contribution is 5.82. The first-order valence-electron chi connectivity index (χ1n) is 6.69. The summed E-state index contributed by atoms with van der Waals surface area (Å²) in [4.78, 5) is 25.9. The van der Waals surface area contributed by atoms with E-state index in [9.17, 15) is 9.59 Å². The highest BCUT2D eigenvalue weighted by atomic mass is 16.5. The number of carbonyl (C=O) groups is 1. The van der Waals surface area contributed by atoms with Crippen LogP contribution in [-0.2, 0) is 16.1 Å². The Morgan fingerprint density at radius 3 is 2.70 bits per heavy atom. The zero-order valence-electron chi connectivity index (χ0n) is 11.1. The number of carbonyl (C=O) groups excluding carboxylic acids is 1. The maximum Gasteiger partial charge on any atom is 0.242 e. The van der Waals surface area contributed by atoms with Crippen LogP contribution >= 0.6 is 0 Å². The van der Waals surface area contributed by atoms with Crippen LogP contribution < -0.4 is 5.43 Å². The van der Waals surface area contributed by atoms with Gasteiger partial charge in [0.15, 0.2) is 5.43 Å². The molecule has 3 rings (SSSR count). The van der Waals surface area contributed by atoms with E-state index in [1.54, 1.807) is 17.2 Å². The lowest BCUT2D eigenvalue weighted by Gasteiger charge is -2.27. The van der Waals surface area contributed by atoms with Crippen molar-refractivity contribution in [2.75, 3.05) is 26.3 Å². The molecule has 1 aromatic carbocycles. The van der Waals surface area contributed by atoms with Crippen molar-refractivity contribution in [3.8, 4) is 0 Å². The van der Waals surface area contributed by atoms with E-state index in [1.165, 1.54) is 6.07 Å². The van der Waals surface area contributed by atoms with Crippen molar-refractivity contribution in [2.24, 2.45) is 0 Å². The Morgan fingerprint density at radius 1 is 1.15 bits per heavy atom. The van der Waals surface area contributed by atoms with E-state index >= 15 is 0 Å². The monoisotopic (exact) mass is 272 g/mol. The van der Waals surface area contributed by atoms with Crippen molar-refractivity contribution in [3.05, 3.63) is 46.8 Å². The molecule has 104 valence electrons. The molecule has 1 amide bonds. The first-order valence-corrected chi connectivity index (χ1v) is 6.69. The Balaban J connectivity index is 1.89. The van der Waals surface area contributed by atoms with Crippen LogP contribution in [0.15, 0.2) is 41.3 Å². The molecule has 0 spiro atoms. The van der Waals surface area contributed by atoms with E-state index in [4.69, 9.17) is 4.74 Å². The van der Waals surface area contributed by atoms with Gasteiger partial charge in [-0.25, -0.2) is 0 Å². The second kappa shape index (κ2) is 5.46. The van der Waals surface area contributed by atoms with Crippen LogP contribution in [0.1, 0.15) is 0 Å². The van der Waals surface area contributed by atoms with Gasteiger partial charge in [-0.05, 0) is 12.1 Å². The lowest BCUT2D eigenvalue weighted by atomic mass is 10.2. The number of pyridine rings is 1. The van der Waals surface area contributed by atoms with Crippen LogP contribution in [0.3, 0.4) is 0 Å². The smallest absolute Gasteiger partial charge is 0.242 e. The molecule has 0 N–H and O–H groups in total. The Labute approximate surface area is 116 Å². The van der Waals surface area contributed by atoms with Crippen LogP contribution in [0, 0.1) is 0 Å². The number of benzene rings is 1. The van der Waals surface area contributed by atoms with E-state index in [1.807, 2.05) is 22.8 Å². The van der Waals surface area contributed by atoms with E-state index in [0.29, 0.717) is 31.7 Å². The number of hydrogen-bond donors (Lipinski definition) is 0. The van der Waals surface area contributed by atoms with E-state index < -0.39 is 0 Å². The van der Waals surface area contributed by atoms with Gasteiger partial charge < -0.3 is 14.2 Å². The number of para-hydroxylation sites is 1. The van der Waals surface area contributed by atoms with Crippen molar-refractivity contribution >= 4 is 16.8 Å². The Morgan fingerprint density at radius 2 is 1.90 bits per heavy atom. The third kappa shape index (κ3) is 2.44. The summed E-state index contributed by atoms with van der Waals surface area (Å²) in [5, 5.41) is 0.643. The fourth-order valence-electron chi connectivity index (χ4n) is 2.46. The largest absolute Gasteiger partial charge is 0.378 e. The van der Waals surface area contributed by atoms with Crippen LogP contribution in [0.5, 0.6) is 0 Å². The number of ether oxygens (including phenoxy) is 1. The second-order valence-corrected chi connectivity index (χ2v) is 4.82. The number of aromatic nitrogens is 1. The topological polar surface area (TPSA) is 51.5 Å². The number of amides is 1. The van der Waals surface area contributed by atoms with E-state index in [-0.39, 0.29) is 17.9 Å². The van der Waals surface area contributed by atoms with Gasteiger partial charge in [0.25, 0.3) is 0 Å². The molecule has 1 aliphatic rings. The molecule has 2 heterocycles. The van der Waals surface area contributed by atoms with Gasteiger partial charge in [0.2, 0.25) is 5.91 Å². The fraction of sp³-hybridized carbons (Fsp3) is 0.333. The fourth-order valence-corrected chi connectivity index (χ4v) is 2.46. The molecular weight excluding hydrogens is 256 g/mol. The van der Waals surface area contributed by atoms with Crippen molar-refractivity contribution in [2.45, 2.75) is 6.54 Å². The molecule has 5 nitrogen and oxygen atoms in total. The van der Waals surface area contributed by atoms with Gasteiger partial charge >= 0.3 is 0 Å². The maximum absolute atomic E-state index is 12.3. The first-order chi connectivity index (χ1) is 9.75. The van der Waals surface area contributed by atoms with Gasteiger partial charge in [0.05, 0.1) is 18.7 Å². The van der Waals surface area contributed by atoms with E-state index in [2.05, 4.69) is 0 Å². The lowest BCUT2D eigenvalue weighted by Crippen LogP contribution is -2.42. The third-order valence-electron chi connectivity index (χ3n) is 3.55. The number of morpholine rings is 1. The summed E-state index contributed by atoms with van der Waals surface area (Å²) in [6.07, 6.45) is 1.68. The van der Waals surface area contributed by atoms with Crippen molar-refractivity contribution in [3.63, 3.8) is 0 Å². The molecule has 0 unspecified atom stereocenters. The van der Waals surface area contributed by atoms with Crippen molar-refractivity contribution in [1.29, 1.82) is 0 Å². The first kappa shape index (κ1) is 12.9. The van der Waals surface area contributed by atoms with Gasteiger partial charge in [-0.15, -0.1) is 0 Å². The molecule has 20 heavy (non-hydrogen) atoms. The molecule has 1 aromatic heterocycles. The minimum absolute atomic E-state index is 0.0179. The zero-order chi connectivity index (χ0) is 13.9. The predicted octanol–water partition coefficient (Wildman–Crippen LogP) is 0.860. The predicted molar refractivity (Wildman–Crippen MR) is 75.6 cm³/mol. The Bertz CT molecular complexity index is 687. The molecule has 0 saturated carbocycles. The molecule has 1 saturated heterocycles. The standard InChI is InChI=1S/C15H16N2O3/c18-14-5-6-17(13-4-2-1-3-12(13)14)11-15(19)16-7-9-20-10-8-16/h1-6H,7-11H2. The lowest BCUT2D eigenvalue weighted by molar-refractivity contribution is -0.135. The second-order valence-electron chi connectivity index (χ2n) is 4.82. The summed E-state index contributed by atoms with van der Waals surface area (Å²) < 4.78 is 7.07. The van der Waals surface area contributed by atoms with Crippen LogP contribution in [0.25, 0.3) is 10.9 Å². The summed E-state index contributed by atoms with van der Waals surface area (Å²) in [5.74, 6) is 0.0575. The molecule has 0 radical (unpaired) electrons. The molecule has 0 atom stereocenters. The molecular formula is C15H16N2O3. The summed E-state index contributed by atoms with van der Waals surface area (Å²) in [7, 11) is 0. The van der Waals surface area contributed by atoms with Gasteiger partial charge in [0, 0.05) is 30.7 Å².